The number of carbonyl (C=O) groups is 1. The Morgan fingerprint density at radius 1 is 1.30 bits per heavy atom. The van der Waals surface area contributed by atoms with Crippen molar-refractivity contribution in [1.29, 1.82) is 0 Å². The second-order valence-corrected chi connectivity index (χ2v) is 3.95. The third kappa shape index (κ3) is 3.64. The molecule has 2 rings (SSSR count). The topological polar surface area (TPSA) is 80.9 Å². The van der Waals surface area contributed by atoms with E-state index in [1.807, 2.05) is 12.1 Å². The fraction of sp³-hybridized carbons (Fsp3) is 0.133. The molecule has 2 heterocycles. The molecular weight excluding hydrogens is 252 g/mol. The van der Waals surface area contributed by atoms with Crippen LogP contribution in [0.1, 0.15) is 21.6 Å². The molecule has 0 bridgehead atoms. The molecule has 100 valence electrons. The van der Waals surface area contributed by atoms with Crippen LogP contribution in [0.5, 0.6) is 0 Å². The van der Waals surface area contributed by atoms with Gasteiger partial charge in [0.25, 0.3) is 5.91 Å². The maximum absolute atomic E-state index is 12.1. The molecule has 2 aromatic heterocycles. The number of pyridine rings is 2. The van der Waals surface area contributed by atoms with Crippen LogP contribution in [-0.2, 0) is 6.54 Å². The van der Waals surface area contributed by atoms with Crippen molar-refractivity contribution in [3.8, 4) is 11.8 Å². The standard InChI is InChI=1S/C15H14N4O/c16-7-1-5-13-6-3-9-18-14(13)15(20)19-11-12-4-2-8-17-10-12/h2-4,6,8-10H,7,11,16H2,(H,19,20). The van der Waals surface area contributed by atoms with Gasteiger partial charge in [-0.25, -0.2) is 4.98 Å². The minimum Gasteiger partial charge on any atom is -0.347 e. The molecule has 0 radical (unpaired) electrons. The quantitative estimate of drug-likeness (QED) is 0.802. The van der Waals surface area contributed by atoms with Gasteiger partial charge in [-0.05, 0) is 23.8 Å². The van der Waals surface area contributed by atoms with Crippen LogP contribution < -0.4 is 11.1 Å². The molecule has 2 aromatic rings. The molecule has 0 aromatic carbocycles. The van der Waals surface area contributed by atoms with Gasteiger partial charge in [0.05, 0.1) is 12.1 Å². The number of amides is 1. The summed E-state index contributed by atoms with van der Waals surface area (Å²) in [4.78, 5) is 20.2. The Labute approximate surface area is 117 Å². The molecular formula is C15H14N4O. The van der Waals surface area contributed by atoms with Gasteiger partial charge in [0, 0.05) is 25.1 Å². The molecule has 0 aliphatic rings. The van der Waals surface area contributed by atoms with E-state index in [2.05, 4.69) is 27.1 Å². The molecule has 0 fully saturated rings. The second kappa shape index (κ2) is 7.02. The Balaban J connectivity index is 2.09. The molecule has 5 nitrogen and oxygen atoms in total. The zero-order valence-electron chi connectivity index (χ0n) is 10.8. The van der Waals surface area contributed by atoms with Crippen molar-refractivity contribution < 1.29 is 4.79 Å². The fourth-order valence-corrected chi connectivity index (χ4v) is 1.60. The van der Waals surface area contributed by atoms with Gasteiger partial charge >= 0.3 is 0 Å². The fourth-order valence-electron chi connectivity index (χ4n) is 1.60. The molecule has 1 amide bonds. The van der Waals surface area contributed by atoms with Gasteiger partial charge in [0.1, 0.15) is 5.69 Å². The Hall–Kier alpha value is -2.71. The average molecular weight is 266 g/mol. The zero-order chi connectivity index (χ0) is 14.2. The van der Waals surface area contributed by atoms with Crippen LogP contribution in [0, 0.1) is 11.8 Å². The van der Waals surface area contributed by atoms with Crippen LogP contribution in [0.4, 0.5) is 0 Å². The number of nitrogens with one attached hydrogen (secondary N) is 1. The first-order valence-electron chi connectivity index (χ1n) is 6.12. The van der Waals surface area contributed by atoms with Crippen molar-refractivity contribution in [1.82, 2.24) is 15.3 Å². The molecule has 5 heteroatoms. The van der Waals surface area contributed by atoms with Gasteiger partial charge in [0.2, 0.25) is 0 Å². The summed E-state index contributed by atoms with van der Waals surface area (Å²) >= 11 is 0. The minimum absolute atomic E-state index is 0.242. The Kier molecular flexibility index (Phi) is 4.81. The summed E-state index contributed by atoms with van der Waals surface area (Å²) in [6, 6.07) is 7.19. The van der Waals surface area contributed by atoms with Gasteiger partial charge in [-0.3, -0.25) is 9.78 Å². The highest BCUT2D eigenvalue weighted by molar-refractivity contribution is 5.94. The van der Waals surface area contributed by atoms with E-state index in [1.54, 1.807) is 30.7 Å². The summed E-state index contributed by atoms with van der Waals surface area (Å²) in [5, 5.41) is 2.79. The molecule has 0 spiro atoms. The smallest absolute Gasteiger partial charge is 0.271 e. The van der Waals surface area contributed by atoms with E-state index in [4.69, 9.17) is 5.73 Å². The van der Waals surface area contributed by atoms with Gasteiger partial charge in [0.15, 0.2) is 0 Å². The van der Waals surface area contributed by atoms with E-state index in [1.165, 1.54) is 0 Å². The molecule has 0 unspecified atom stereocenters. The molecule has 20 heavy (non-hydrogen) atoms. The van der Waals surface area contributed by atoms with Crippen molar-refractivity contribution in [3.63, 3.8) is 0 Å². The van der Waals surface area contributed by atoms with Crippen LogP contribution in [0.25, 0.3) is 0 Å². The monoisotopic (exact) mass is 266 g/mol. The second-order valence-electron chi connectivity index (χ2n) is 3.95. The van der Waals surface area contributed by atoms with Gasteiger partial charge < -0.3 is 11.1 Å². The highest BCUT2D eigenvalue weighted by atomic mass is 16.1. The minimum atomic E-state index is -0.268. The van der Waals surface area contributed by atoms with Gasteiger partial charge in [-0.1, -0.05) is 17.9 Å². The highest BCUT2D eigenvalue weighted by Crippen LogP contribution is 2.04. The first-order valence-corrected chi connectivity index (χ1v) is 6.12. The van der Waals surface area contributed by atoms with Gasteiger partial charge in [-0.2, -0.15) is 0 Å². The average Bonchev–Trinajstić information content (AvgIpc) is 2.52. The summed E-state index contributed by atoms with van der Waals surface area (Å²) in [5.74, 6) is 5.29. The van der Waals surface area contributed by atoms with E-state index in [0.29, 0.717) is 17.8 Å². The lowest BCUT2D eigenvalue weighted by Crippen LogP contribution is -2.24. The Bertz CT molecular complexity index is 644. The molecule has 0 aliphatic carbocycles. The van der Waals surface area contributed by atoms with Crippen molar-refractivity contribution in [2.75, 3.05) is 6.54 Å². The summed E-state index contributed by atoms with van der Waals surface area (Å²) < 4.78 is 0. The summed E-state index contributed by atoms with van der Waals surface area (Å²) in [7, 11) is 0. The van der Waals surface area contributed by atoms with Crippen molar-refractivity contribution in [2.45, 2.75) is 6.54 Å². The number of carbonyl (C=O) groups excluding carboxylic acids is 1. The largest absolute Gasteiger partial charge is 0.347 e. The lowest BCUT2D eigenvalue weighted by Gasteiger charge is -2.05. The summed E-state index contributed by atoms with van der Waals surface area (Å²) in [5.41, 5.74) is 7.13. The normalized spacial score (nSPS) is 9.45. The number of aromatic nitrogens is 2. The lowest BCUT2D eigenvalue weighted by molar-refractivity contribution is 0.0945. The first kappa shape index (κ1) is 13.7. The molecule has 3 N–H and O–H groups in total. The van der Waals surface area contributed by atoms with Crippen LogP contribution in [-0.4, -0.2) is 22.4 Å². The van der Waals surface area contributed by atoms with E-state index >= 15 is 0 Å². The Morgan fingerprint density at radius 2 is 2.15 bits per heavy atom. The van der Waals surface area contributed by atoms with E-state index < -0.39 is 0 Å². The number of nitrogens with zero attached hydrogens (tertiary/aromatic N) is 2. The number of hydrogen-bond acceptors (Lipinski definition) is 4. The van der Waals surface area contributed by atoms with Crippen molar-refractivity contribution in [3.05, 3.63) is 59.7 Å². The molecule has 0 atom stereocenters. The number of rotatable bonds is 3. The van der Waals surface area contributed by atoms with Crippen molar-refractivity contribution >= 4 is 5.91 Å². The maximum atomic E-state index is 12.1. The molecule has 0 aliphatic heterocycles. The first-order chi connectivity index (χ1) is 9.81. The van der Waals surface area contributed by atoms with Crippen LogP contribution in [0.3, 0.4) is 0 Å². The van der Waals surface area contributed by atoms with Crippen molar-refractivity contribution in [2.24, 2.45) is 5.73 Å². The maximum Gasteiger partial charge on any atom is 0.271 e. The lowest BCUT2D eigenvalue weighted by atomic mass is 10.2. The molecule has 0 saturated heterocycles. The van der Waals surface area contributed by atoms with Crippen LogP contribution in [0.15, 0.2) is 42.9 Å². The van der Waals surface area contributed by atoms with E-state index in [9.17, 15) is 4.79 Å². The number of nitrogens with two attached hydrogens (primary N) is 1. The van der Waals surface area contributed by atoms with Gasteiger partial charge in [-0.15, -0.1) is 0 Å². The zero-order valence-corrected chi connectivity index (χ0v) is 10.8. The summed E-state index contributed by atoms with van der Waals surface area (Å²) in [6.07, 6.45) is 4.95. The van der Waals surface area contributed by atoms with Crippen LogP contribution >= 0.6 is 0 Å². The van der Waals surface area contributed by atoms with E-state index in [0.717, 1.165) is 5.56 Å². The predicted molar refractivity (Wildman–Crippen MR) is 75.6 cm³/mol. The third-order valence-corrected chi connectivity index (χ3v) is 2.52. The molecule has 0 saturated carbocycles. The SMILES string of the molecule is NCC#Cc1cccnc1C(=O)NCc1cccnc1. The predicted octanol–water partition coefficient (Wildman–Crippen LogP) is 0.717. The highest BCUT2D eigenvalue weighted by Gasteiger charge is 2.10. The number of hydrogen-bond donors (Lipinski definition) is 2. The Morgan fingerprint density at radius 3 is 2.90 bits per heavy atom. The summed E-state index contributed by atoms with van der Waals surface area (Å²) in [6.45, 7) is 0.638. The van der Waals surface area contributed by atoms with E-state index in [-0.39, 0.29) is 12.5 Å². The third-order valence-electron chi connectivity index (χ3n) is 2.52. The van der Waals surface area contributed by atoms with Crippen LogP contribution in [0.2, 0.25) is 0 Å².